The third-order valence-corrected chi connectivity index (χ3v) is 3.33. The first-order valence-corrected chi connectivity index (χ1v) is 6.89. The van der Waals surface area contributed by atoms with Crippen molar-refractivity contribution >= 4 is 6.09 Å². The molecule has 1 amide bonds. The average molecular weight is 272 g/mol. The maximum atomic E-state index is 12.1. The van der Waals surface area contributed by atoms with Crippen LogP contribution in [0.4, 0.5) is 4.79 Å². The summed E-state index contributed by atoms with van der Waals surface area (Å²) in [6.07, 6.45) is 1.20. The van der Waals surface area contributed by atoms with Crippen molar-refractivity contribution in [2.24, 2.45) is 0 Å². The molecule has 1 aliphatic heterocycles. The molecule has 0 fully saturated rings. The molecule has 0 atom stereocenters. The van der Waals surface area contributed by atoms with E-state index >= 15 is 0 Å². The number of carbonyl (C=O) groups is 1. The predicted molar refractivity (Wildman–Crippen MR) is 76.4 cm³/mol. The van der Waals surface area contributed by atoms with Gasteiger partial charge >= 0.3 is 6.09 Å². The van der Waals surface area contributed by atoms with E-state index in [4.69, 9.17) is 10.00 Å². The van der Waals surface area contributed by atoms with Gasteiger partial charge in [-0.15, -0.1) is 0 Å². The lowest BCUT2D eigenvalue weighted by Crippen LogP contribution is -2.38. The van der Waals surface area contributed by atoms with Crippen molar-refractivity contribution in [3.05, 3.63) is 34.9 Å². The van der Waals surface area contributed by atoms with E-state index < -0.39 is 5.60 Å². The Morgan fingerprint density at radius 3 is 2.65 bits per heavy atom. The van der Waals surface area contributed by atoms with Crippen LogP contribution in [0, 0.1) is 11.3 Å². The van der Waals surface area contributed by atoms with Crippen molar-refractivity contribution < 1.29 is 9.53 Å². The number of nitriles is 1. The van der Waals surface area contributed by atoms with Gasteiger partial charge in [0.25, 0.3) is 0 Å². The van der Waals surface area contributed by atoms with Crippen LogP contribution in [0.3, 0.4) is 0 Å². The number of ether oxygens (including phenoxy) is 1. The van der Waals surface area contributed by atoms with Crippen LogP contribution in [0.2, 0.25) is 0 Å². The van der Waals surface area contributed by atoms with Gasteiger partial charge in [-0.25, -0.2) is 4.79 Å². The zero-order valence-corrected chi connectivity index (χ0v) is 12.3. The second-order valence-electron chi connectivity index (χ2n) is 6.02. The second-order valence-corrected chi connectivity index (χ2v) is 6.02. The number of rotatable bonds is 0. The van der Waals surface area contributed by atoms with Gasteiger partial charge < -0.3 is 9.64 Å². The van der Waals surface area contributed by atoms with E-state index in [0.29, 0.717) is 25.1 Å². The second kappa shape index (κ2) is 5.54. The van der Waals surface area contributed by atoms with Crippen LogP contribution in [0.5, 0.6) is 0 Å². The lowest BCUT2D eigenvalue weighted by molar-refractivity contribution is 0.0258. The van der Waals surface area contributed by atoms with Gasteiger partial charge in [-0.05, 0) is 50.8 Å². The molecular weight excluding hydrogens is 252 g/mol. The van der Waals surface area contributed by atoms with Crippen molar-refractivity contribution in [2.45, 2.75) is 39.2 Å². The molecule has 4 nitrogen and oxygen atoms in total. The summed E-state index contributed by atoms with van der Waals surface area (Å²) in [7, 11) is 0. The molecule has 106 valence electrons. The van der Waals surface area contributed by atoms with Gasteiger partial charge in [-0.2, -0.15) is 5.26 Å². The van der Waals surface area contributed by atoms with Gasteiger partial charge in [0.1, 0.15) is 5.60 Å². The van der Waals surface area contributed by atoms with E-state index in [1.165, 1.54) is 0 Å². The fraction of sp³-hybridized carbons (Fsp3) is 0.500. The Labute approximate surface area is 120 Å². The van der Waals surface area contributed by atoms with Gasteiger partial charge in [0, 0.05) is 13.1 Å². The first-order chi connectivity index (χ1) is 9.40. The van der Waals surface area contributed by atoms with Gasteiger partial charge in [0.2, 0.25) is 0 Å². The zero-order valence-electron chi connectivity index (χ0n) is 12.3. The lowest BCUT2D eigenvalue weighted by Gasteiger charge is -2.26. The number of nitrogens with zero attached hydrogens (tertiary/aromatic N) is 2. The quantitative estimate of drug-likeness (QED) is 0.729. The van der Waals surface area contributed by atoms with Crippen molar-refractivity contribution in [3.8, 4) is 6.07 Å². The number of carbonyl (C=O) groups excluding carboxylic acids is 1. The Balaban J connectivity index is 2.13. The van der Waals surface area contributed by atoms with E-state index in [-0.39, 0.29) is 6.09 Å². The van der Waals surface area contributed by atoms with Gasteiger partial charge in [-0.1, -0.05) is 12.1 Å². The smallest absolute Gasteiger partial charge is 0.410 e. The molecule has 0 radical (unpaired) electrons. The highest BCUT2D eigenvalue weighted by atomic mass is 16.6. The molecule has 0 saturated carbocycles. The highest BCUT2D eigenvalue weighted by molar-refractivity contribution is 5.68. The van der Waals surface area contributed by atoms with Gasteiger partial charge in [0.15, 0.2) is 0 Å². The van der Waals surface area contributed by atoms with E-state index in [9.17, 15) is 4.79 Å². The van der Waals surface area contributed by atoms with E-state index in [1.54, 1.807) is 4.90 Å². The third-order valence-electron chi connectivity index (χ3n) is 3.33. The molecular formula is C16H20N2O2. The first-order valence-electron chi connectivity index (χ1n) is 6.89. The summed E-state index contributed by atoms with van der Waals surface area (Å²) in [5.41, 5.74) is 2.47. The number of hydrogen-bond donors (Lipinski definition) is 0. The maximum absolute atomic E-state index is 12.1. The molecule has 4 heteroatoms. The van der Waals surface area contributed by atoms with Crippen molar-refractivity contribution in [1.29, 1.82) is 5.26 Å². The summed E-state index contributed by atoms with van der Waals surface area (Å²) >= 11 is 0. The Morgan fingerprint density at radius 1 is 1.30 bits per heavy atom. The summed E-state index contributed by atoms with van der Waals surface area (Å²) in [5.74, 6) is 0. The van der Waals surface area contributed by atoms with Gasteiger partial charge in [-0.3, -0.25) is 0 Å². The molecule has 0 saturated heterocycles. The van der Waals surface area contributed by atoms with Crippen LogP contribution in [0.15, 0.2) is 18.2 Å². The average Bonchev–Trinajstić information content (AvgIpc) is 2.58. The minimum absolute atomic E-state index is 0.274. The fourth-order valence-electron chi connectivity index (χ4n) is 2.39. The largest absolute Gasteiger partial charge is 0.444 e. The van der Waals surface area contributed by atoms with Crippen LogP contribution < -0.4 is 0 Å². The number of hydrogen-bond acceptors (Lipinski definition) is 3. The lowest BCUT2D eigenvalue weighted by atomic mass is 9.98. The summed E-state index contributed by atoms with van der Waals surface area (Å²) in [5, 5.41) is 9.16. The fourth-order valence-corrected chi connectivity index (χ4v) is 2.39. The van der Waals surface area contributed by atoms with E-state index in [1.807, 2.05) is 39.0 Å². The summed E-state index contributed by atoms with van der Waals surface area (Å²) in [4.78, 5) is 13.8. The Kier molecular flexibility index (Phi) is 3.99. The first kappa shape index (κ1) is 14.4. The molecule has 0 N–H and O–H groups in total. The minimum Gasteiger partial charge on any atom is -0.444 e. The van der Waals surface area contributed by atoms with Crippen molar-refractivity contribution in [1.82, 2.24) is 4.90 Å². The highest BCUT2D eigenvalue weighted by Crippen LogP contribution is 2.21. The molecule has 1 aromatic rings. The normalized spacial score (nSPS) is 15.0. The maximum Gasteiger partial charge on any atom is 0.410 e. The monoisotopic (exact) mass is 272 g/mol. The van der Waals surface area contributed by atoms with Crippen molar-refractivity contribution in [3.63, 3.8) is 0 Å². The van der Waals surface area contributed by atoms with Crippen molar-refractivity contribution in [2.75, 3.05) is 13.1 Å². The molecule has 0 bridgehead atoms. The topological polar surface area (TPSA) is 53.3 Å². The Morgan fingerprint density at radius 2 is 2.00 bits per heavy atom. The molecule has 0 unspecified atom stereocenters. The predicted octanol–water partition coefficient (Wildman–Crippen LogP) is 2.89. The molecule has 20 heavy (non-hydrogen) atoms. The highest BCUT2D eigenvalue weighted by Gasteiger charge is 2.24. The third kappa shape index (κ3) is 3.30. The summed E-state index contributed by atoms with van der Waals surface area (Å²) < 4.78 is 5.41. The number of benzene rings is 1. The van der Waals surface area contributed by atoms with Crippen LogP contribution in [-0.2, 0) is 17.6 Å². The summed E-state index contributed by atoms with van der Waals surface area (Å²) in [6, 6.07) is 8.01. The molecule has 0 aromatic heterocycles. The Hall–Kier alpha value is -2.02. The molecule has 1 aliphatic rings. The van der Waals surface area contributed by atoms with Gasteiger partial charge in [0.05, 0.1) is 11.6 Å². The number of amides is 1. The molecule has 0 spiro atoms. The minimum atomic E-state index is -0.478. The molecule has 1 heterocycles. The zero-order chi connectivity index (χ0) is 14.8. The van der Waals surface area contributed by atoms with Crippen LogP contribution in [0.1, 0.15) is 37.5 Å². The number of fused-ring (bicyclic) bond motifs is 1. The molecule has 0 aliphatic carbocycles. The van der Waals surface area contributed by atoms with E-state index in [2.05, 4.69) is 6.07 Å². The van der Waals surface area contributed by atoms with Crippen LogP contribution in [-0.4, -0.2) is 29.7 Å². The molecule has 2 rings (SSSR count). The SMILES string of the molecule is CC(C)(C)OC(=O)N1CCc2cccc(C#N)c2CC1. The van der Waals surface area contributed by atoms with E-state index in [0.717, 1.165) is 17.5 Å². The molecule has 1 aromatic carbocycles. The van der Waals surface area contributed by atoms with Crippen LogP contribution >= 0.6 is 0 Å². The standard InChI is InChI=1S/C16H20N2O2/c1-16(2,3)20-15(19)18-9-7-12-5-4-6-13(11-17)14(12)8-10-18/h4-6H,7-10H2,1-3H3. The Bertz CT molecular complexity index is 553. The summed E-state index contributed by atoms with van der Waals surface area (Å²) in [6.45, 7) is 6.83. The van der Waals surface area contributed by atoms with Crippen LogP contribution in [0.25, 0.3) is 0 Å².